The van der Waals surface area contributed by atoms with Crippen LogP contribution in [0, 0.1) is 0 Å². The standard InChI is InChI=1S/C20H23ClN2O3/c1-2-3-4-15-5-9-17(10-6-15)23-20(25)19(24)22-13-14-26-18-11-7-16(21)8-12-18/h5-12H,2-4,13-14H2,1H3,(H,22,24)(H,23,25). The zero-order valence-electron chi connectivity index (χ0n) is 14.8. The summed E-state index contributed by atoms with van der Waals surface area (Å²) in [5.41, 5.74) is 1.82. The second-order valence-corrected chi connectivity index (χ2v) is 6.25. The number of aryl methyl sites for hydroxylation is 1. The van der Waals surface area contributed by atoms with Gasteiger partial charge in [0.1, 0.15) is 12.4 Å². The van der Waals surface area contributed by atoms with E-state index in [2.05, 4.69) is 17.6 Å². The number of nitrogens with one attached hydrogen (secondary N) is 2. The zero-order valence-corrected chi connectivity index (χ0v) is 15.5. The number of hydrogen-bond acceptors (Lipinski definition) is 3. The van der Waals surface area contributed by atoms with E-state index in [1.165, 1.54) is 5.56 Å². The molecule has 5 nitrogen and oxygen atoms in total. The van der Waals surface area contributed by atoms with Crippen molar-refractivity contribution >= 4 is 29.1 Å². The van der Waals surface area contributed by atoms with Crippen LogP contribution in [0.15, 0.2) is 48.5 Å². The molecule has 0 spiro atoms. The van der Waals surface area contributed by atoms with Gasteiger partial charge in [0.2, 0.25) is 0 Å². The molecule has 2 amide bonds. The van der Waals surface area contributed by atoms with Gasteiger partial charge in [-0.3, -0.25) is 9.59 Å². The van der Waals surface area contributed by atoms with Gasteiger partial charge < -0.3 is 15.4 Å². The third kappa shape index (κ3) is 6.76. The van der Waals surface area contributed by atoms with E-state index < -0.39 is 11.8 Å². The Morgan fingerprint density at radius 3 is 2.35 bits per heavy atom. The Morgan fingerprint density at radius 2 is 1.69 bits per heavy atom. The molecule has 0 aromatic heterocycles. The first-order valence-corrected chi connectivity index (χ1v) is 9.02. The first-order chi connectivity index (χ1) is 12.6. The number of rotatable bonds is 8. The molecular formula is C20H23ClN2O3. The van der Waals surface area contributed by atoms with Crippen molar-refractivity contribution in [3.63, 3.8) is 0 Å². The number of benzene rings is 2. The maximum Gasteiger partial charge on any atom is 0.313 e. The molecule has 138 valence electrons. The van der Waals surface area contributed by atoms with Crippen LogP contribution in [0.1, 0.15) is 25.3 Å². The molecule has 0 atom stereocenters. The van der Waals surface area contributed by atoms with E-state index in [-0.39, 0.29) is 13.2 Å². The van der Waals surface area contributed by atoms with Gasteiger partial charge in [0, 0.05) is 10.7 Å². The van der Waals surface area contributed by atoms with Gasteiger partial charge in [0.25, 0.3) is 0 Å². The third-order valence-corrected chi connectivity index (χ3v) is 3.96. The topological polar surface area (TPSA) is 67.4 Å². The van der Waals surface area contributed by atoms with E-state index in [9.17, 15) is 9.59 Å². The number of unbranched alkanes of at least 4 members (excludes halogenated alkanes) is 1. The molecule has 0 radical (unpaired) electrons. The summed E-state index contributed by atoms with van der Waals surface area (Å²) in [6.45, 7) is 2.63. The number of amides is 2. The third-order valence-electron chi connectivity index (χ3n) is 3.71. The number of hydrogen-bond donors (Lipinski definition) is 2. The molecule has 0 aliphatic heterocycles. The Hall–Kier alpha value is -2.53. The molecule has 0 saturated heterocycles. The summed E-state index contributed by atoms with van der Waals surface area (Å²) in [5.74, 6) is -0.742. The van der Waals surface area contributed by atoms with Crippen molar-refractivity contribution in [2.45, 2.75) is 26.2 Å². The maximum absolute atomic E-state index is 11.9. The van der Waals surface area contributed by atoms with E-state index in [0.29, 0.717) is 16.5 Å². The van der Waals surface area contributed by atoms with Crippen molar-refractivity contribution in [1.82, 2.24) is 5.32 Å². The van der Waals surface area contributed by atoms with E-state index in [1.54, 1.807) is 36.4 Å². The lowest BCUT2D eigenvalue weighted by molar-refractivity contribution is -0.136. The number of anilines is 1. The van der Waals surface area contributed by atoms with Crippen molar-refractivity contribution < 1.29 is 14.3 Å². The van der Waals surface area contributed by atoms with Crippen molar-refractivity contribution in [3.8, 4) is 5.75 Å². The van der Waals surface area contributed by atoms with Crippen LogP contribution in [-0.4, -0.2) is 25.0 Å². The fourth-order valence-electron chi connectivity index (χ4n) is 2.27. The average molecular weight is 375 g/mol. The van der Waals surface area contributed by atoms with Crippen LogP contribution in [0.5, 0.6) is 5.75 Å². The Balaban J connectivity index is 1.70. The van der Waals surface area contributed by atoms with Gasteiger partial charge in [-0.05, 0) is 54.8 Å². The quantitative estimate of drug-likeness (QED) is 0.545. The predicted molar refractivity (Wildman–Crippen MR) is 104 cm³/mol. The molecule has 6 heteroatoms. The first kappa shape index (κ1) is 19.8. The number of carbonyl (C=O) groups excluding carboxylic acids is 2. The number of halogens is 1. The predicted octanol–water partition coefficient (Wildman–Crippen LogP) is 3.82. The second kappa shape index (κ2) is 10.5. The van der Waals surface area contributed by atoms with Crippen LogP contribution < -0.4 is 15.4 Å². The Kier molecular flexibility index (Phi) is 7.96. The minimum absolute atomic E-state index is 0.227. The zero-order chi connectivity index (χ0) is 18.8. The van der Waals surface area contributed by atoms with Gasteiger partial charge in [-0.2, -0.15) is 0 Å². The molecule has 0 bridgehead atoms. The Labute approximate surface area is 158 Å². The molecule has 0 unspecified atom stereocenters. The monoisotopic (exact) mass is 374 g/mol. The minimum atomic E-state index is -0.696. The molecule has 0 aliphatic rings. The molecule has 2 aromatic rings. The summed E-state index contributed by atoms with van der Waals surface area (Å²) in [5, 5.41) is 5.73. The van der Waals surface area contributed by atoms with Gasteiger partial charge in [0.15, 0.2) is 0 Å². The normalized spacial score (nSPS) is 10.2. The lowest BCUT2D eigenvalue weighted by Crippen LogP contribution is -2.37. The van der Waals surface area contributed by atoms with E-state index in [1.807, 2.05) is 12.1 Å². The number of ether oxygens (including phenoxy) is 1. The first-order valence-electron chi connectivity index (χ1n) is 8.65. The van der Waals surface area contributed by atoms with E-state index >= 15 is 0 Å². The van der Waals surface area contributed by atoms with Crippen LogP contribution in [-0.2, 0) is 16.0 Å². The summed E-state index contributed by atoms with van der Waals surface area (Å²) in [4.78, 5) is 23.7. The highest BCUT2D eigenvalue weighted by Crippen LogP contribution is 2.15. The molecule has 26 heavy (non-hydrogen) atoms. The molecule has 2 N–H and O–H groups in total. The van der Waals surface area contributed by atoms with E-state index in [4.69, 9.17) is 16.3 Å². The highest BCUT2D eigenvalue weighted by Gasteiger charge is 2.13. The minimum Gasteiger partial charge on any atom is -0.492 e. The van der Waals surface area contributed by atoms with Crippen LogP contribution in [0.3, 0.4) is 0 Å². The average Bonchev–Trinajstić information content (AvgIpc) is 2.66. The van der Waals surface area contributed by atoms with Crippen LogP contribution in [0.25, 0.3) is 0 Å². The molecule has 0 aliphatic carbocycles. The van der Waals surface area contributed by atoms with Crippen LogP contribution >= 0.6 is 11.6 Å². The van der Waals surface area contributed by atoms with Crippen molar-refractivity contribution in [2.75, 3.05) is 18.5 Å². The second-order valence-electron chi connectivity index (χ2n) is 5.81. The van der Waals surface area contributed by atoms with Gasteiger partial charge in [-0.15, -0.1) is 0 Å². The summed E-state index contributed by atoms with van der Waals surface area (Å²) < 4.78 is 5.45. The van der Waals surface area contributed by atoms with Crippen molar-refractivity contribution in [3.05, 3.63) is 59.1 Å². The molecule has 0 saturated carbocycles. The fraction of sp³-hybridized carbons (Fsp3) is 0.300. The summed E-state index contributed by atoms with van der Waals surface area (Å²) in [6.07, 6.45) is 3.28. The van der Waals surface area contributed by atoms with Gasteiger partial charge in [0.05, 0.1) is 6.54 Å². The number of carbonyl (C=O) groups is 2. The summed E-state index contributed by atoms with van der Waals surface area (Å²) >= 11 is 5.79. The fourth-order valence-corrected chi connectivity index (χ4v) is 2.39. The van der Waals surface area contributed by atoms with Crippen LogP contribution in [0.4, 0.5) is 5.69 Å². The van der Waals surface area contributed by atoms with E-state index in [0.717, 1.165) is 19.3 Å². The molecule has 2 rings (SSSR count). The SMILES string of the molecule is CCCCc1ccc(NC(=O)C(=O)NCCOc2ccc(Cl)cc2)cc1. The van der Waals surface area contributed by atoms with Crippen molar-refractivity contribution in [2.24, 2.45) is 0 Å². The summed E-state index contributed by atoms with van der Waals surface area (Å²) in [6, 6.07) is 14.4. The smallest absolute Gasteiger partial charge is 0.313 e. The lowest BCUT2D eigenvalue weighted by Gasteiger charge is -2.09. The Bertz CT molecular complexity index is 715. The van der Waals surface area contributed by atoms with Gasteiger partial charge >= 0.3 is 11.8 Å². The Morgan fingerprint density at radius 1 is 1.00 bits per heavy atom. The van der Waals surface area contributed by atoms with Crippen molar-refractivity contribution in [1.29, 1.82) is 0 Å². The molecular weight excluding hydrogens is 352 g/mol. The van der Waals surface area contributed by atoms with Crippen LogP contribution in [0.2, 0.25) is 5.02 Å². The highest BCUT2D eigenvalue weighted by molar-refractivity contribution is 6.39. The summed E-state index contributed by atoms with van der Waals surface area (Å²) in [7, 11) is 0. The van der Waals surface area contributed by atoms with Gasteiger partial charge in [-0.25, -0.2) is 0 Å². The maximum atomic E-state index is 11.9. The highest BCUT2D eigenvalue weighted by atomic mass is 35.5. The molecule has 0 heterocycles. The molecule has 0 fully saturated rings. The van der Waals surface area contributed by atoms with Gasteiger partial charge in [-0.1, -0.05) is 37.1 Å². The largest absolute Gasteiger partial charge is 0.492 e. The lowest BCUT2D eigenvalue weighted by atomic mass is 10.1. The molecule has 2 aromatic carbocycles.